The molecule has 2 fully saturated rings. The fourth-order valence-electron chi connectivity index (χ4n) is 3.85. The SMILES string of the molecule is COC(=O)NCCC1CC2CN(c3ccc(Br)cn3)CC2C1. The van der Waals surface area contributed by atoms with E-state index in [1.54, 1.807) is 0 Å². The molecule has 120 valence electrons. The number of methoxy groups -OCH3 is 1. The van der Waals surface area contributed by atoms with Crippen LogP contribution in [0.5, 0.6) is 0 Å². The lowest BCUT2D eigenvalue weighted by Crippen LogP contribution is -2.26. The van der Waals surface area contributed by atoms with Crippen LogP contribution in [0.1, 0.15) is 19.3 Å². The Morgan fingerprint density at radius 3 is 2.73 bits per heavy atom. The second-order valence-corrected chi connectivity index (χ2v) is 7.22. The van der Waals surface area contributed by atoms with Gasteiger partial charge in [0.1, 0.15) is 5.82 Å². The number of amides is 1. The summed E-state index contributed by atoms with van der Waals surface area (Å²) in [5.41, 5.74) is 0. The molecule has 1 amide bonds. The van der Waals surface area contributed by atoms with Crippen LogP contribution in [0.3, 0.4) is 0 Å². The molecule has 1 saturated carbocycles. The molecule has 1 N–H and O–H groups in total. The monoisotopic (exact) mass is 367 g/mol. The molecule has 5 nitrogen and oxygen atoms in total. The van der Waals surface area contributed by atoms with Crippen LogP contribution in [0.2, 0.25) is 0 Å². The molecule has 0 radical (unpaired) electrons. The first kappa shape index (κ1) is 15.6. The molecule has 3 rings (SSSR count). The maximum absolute atomic E-state index is 11.1. The molecule has 2 atom stereocenters. The maximum Gasteiger partial charge on any atom is 0.406 e. The average molecular weight is 368 g/mol. The van der Waals surface area contributed by atoms with Crippen LogP contribution < -0.4 is 10.2 Å². The summed E-state index contributed by atoms with van der Waals surface area (Å²) in [4.78, 5) is 18.0. The molecule has 2 heterocycles. The minimum atomic E-state index is -0.328. The van der Waals surface area contributed by atoms with Gasteiger partial charge in [-0.05, 0) is 65.1 Å². The first-order valence-corrected chi connectivity index (χ1v) is 8.63. The number of nitrogens with one attached hydrogen (secondary N) is 1. The van der Waals surface area contributed by atoms with Gasteiger partial charge in [0.15, 0.2) is 0 Å². The molecule has 2 aliphatic rings. The van der Waals surface area contributed by atoms with E-state index in [1.165, 1.54) is 20.0 Å². The number of pyridine rings is 1. The largest absolute Gasteiger partial charge is 0.453 e. The van der Waals surface area contributed by atoms with Crippen molar-refractivity contribution in [2.45, 2.75) is 19.3 Å². The number of carbonyl (C=O) groups is 1. The van der Waals surface area contributed by atoms with Crippen molar-refractivity contribution in [2.24, 2.45) is 17.8 Å². The van der Waals surface area contributed by atoms with E-state index in [-0.39, 0.29) is 6.09 Å². The molecule has 2 unspecified atom stereocenters. The van der Waals surface area contributed by atoms with E-state index >= 15 is 0 Å². The summed E-state index contributed by atoms with van der Waals surface area (Å²) in [7, 11) is 1.40. The van der Waals surface area contributed by atoms with Crippen molar-refractivity contribution in [1.29, 1.82) is 0 Å². The molecule has 0 spiro atoms. The Bertz CT molecular complexity index is 509. The highest BCUT2D eigenvalue weighted by atomic mass is 79.9. The van der Waals surface area contributed by atoms with Gasteiger partial charge in [0.2, 0.25) is 0 Å². The Hall–Kier alpha value is -1.30. The van der Waals surface area contributed by atoms with Gasteiger partial charge in [-0.15, -0.1) is 0 Å². The molecule has 22 heavy (non-hydrogen) atoms. The predicted molar refractivity (Wildman–Crippen MR) is 88.9 cm³/mol. The fourth-order valence-corrected chi connectivity index (χ4v) is 4.09. The van der Waals surface area contributed by atoms with Crippen molar-refractivity contribution in [2.75, 3.05) is 31.6 Å². The number of alkyl carbamates (subject to hydrolysis) is 1. The predicted octanol–water partition coefficient (Wildman–Crippen LogP) is 3.05. The zero-order valence-electron chi connectivity index (χ0n) is 12.8. The summed E-state index contributed by atoms with van der Waals surface area (Å²) in [5, 5.41) is 2.78. The van der Waals surface area contributed by atoms with Gasteiger partial charge in [0, 0.05) is 30.3 Å². The summed E-state index contributed by atoms with van der Waals surface area (Å²) < 4.78 is 5.62. The Balaban J connectivity index is 1.46. The molecule has 1 aromatic rings. The van der Waals surface area contributed by atoms with Gasteiger partial charge in [0.25, 0.3) is 0 Å². The van der Waals surface area contributed by atoms with Crippen LogP contribution in [0.4, 0.5) is 10.6 Å². The average Bonchev–Trinajstić information content (AvgIpc) is 3.06. The quantitative estimate of drug-likeness (QED) is 0.888. The summed E-state index contributed by atoms with van der Waals surface area (Å²) in [6, 6.07) is 4.14. The minimum Gasteiger partial charge on any atom is -0.453 e. The first-order valence-electron chi connectivity index (χ1n) is 7.84. The van der Waals surface area contributed by atoms with E-state index in [4.69, 9.17) is 0 Å². The molecular formula is C16H22BrN3O2. The number of hydrogen-bond donors (Lipinski definition) is 1. The van der Waals surface area contributed by atoms with E-state index in [0.717, 1.165) is 54.1 Å². The standard InChI is InChI=1S/C16H22BrN3O2/c1-22-16(21)18-5-4-11-6-12-9-20(10-13(12)7-11)15-3-2-14(17)8-19-15/h2-3,8,11-13H,4-7,9-10H2,1H3,(H,18,21). The van der Waals surface area contributed by atoms with E-state index < -0.39 is 0 Å². The van der Waals surface area contributed by atoms with E-state index in [9.17, 15) is 4.79 Å². The number of carbonyl (C=O) groups excluding carboxylic acids is 1. The van der Waals surface area contributed by atoms with Crippen molar-refractivity contribution >= 4 is 27.8 Å². The minimum absolute atomic E-state index is 0.328. The van der Waals surface area contributed by atoms with Gasteiger partial charge in [-0.25, -0.2) is 9.78 Å². The third-order valence-electron chi connectivity index (χ3n) is 4.89. The smallest absolute Gasteiger partial charge is 0.406 e. The zero-order chi connectivity index (χ0) is 15.5. The molecular weight excluding hydrogens is 346 g/mol. The van der Waals surface area contributed by atoms with E-state index in [2.05, 4.69) is 48.0 Å². The summed E-state index contributed by atoms with van der Waals surface area (Å²) >= 11 is 3.43. The summed E-state index contributed by atoms with van der Waals surface area (Å²) in [6.45, 7) is 2.94. The van der Waals surface area contributed by atoms with Crippen molar-refractivity contribution in [3.8, 4) is 0 Å². The van der Waals surface area contributed by atoms with Crippen molar-refractivity contribution in [3.63, 3.8) is 0 Å². The second-order valence-electron chi connectivity index (χ2n) is 6.30. The molecule has 1 saturated heterocycles. The van der Waals surface area contributed by atoms with Crippen LogP contribution in [0.15, 0.2) is 22.8 Å². The van der Waals surface area contributed by atoms with Crippen LogP contribution in [0.25, 0.3) is 0 Å². The maximum atomic E-state index is 11.1. The number of nitrogens with zero attached hydrogens (tertiary/aromatic N) is 2. The van der Waals surface area contributed by atoms with Crippen molar-refractivity contribution < 1.29 is 9.53 Å². The lowest BCUT2D eigenvalue weighted by molar-refractivity contribution is 0.170. The van der Waals surface area contributed by atoms with Gasteiger partial charge in [-0.2, -0.15) is 0 Å². The van der Waals surface area contributed by atoms with Gasteiger partial charge in [0.05, 0.1) is 7.11 Å². The van der Waals surface area contributed by atoms with Crippen LogP contribution >= 0.6 is 15.9 Å². The number of hydrogen-bond acceptors (Lipinski definition) is 4. The highest BCUT2D eigenvalue weighted by Gasteiger charge is 2.40. The molecule has 0 bridgehead atoms. The Kier molecular flexibility index (Phi) is 4.86. The van der Waals surface area contributed by atoms with Crippen molar-refractivity contribution in [1.82, 2.24) is 10.3 Å². The number of aromatic nitrogens is 1. The van der Waals surface area contributed by atoms with Gasteiger partial charge in [-0.3, -0.25) is 0 Å². The number of fused-ring (bicyclic) bond motifs is 1. The Morgan fingerprint density at radius 2 is 2.14 bits per heavy atom. The van der Waals surface area contributed by atoms with E-state index in [1.807, 2.05) is 6.20 Å². The molecule has 1 aliphatic heterocycles. The van der Waals surface area contributed by atoms with Gasteiger partial charge < -0.3 is 15.0 Å². The first-order chi connectivity index (χ1) is 10.7. The highest BCUT2D eigenvalue weighted by Crippen LogP contribution is 2.43. The zero-order valence-corrected chi connectivity index (χ0v) is 14.4. The van der Waals surface area contributed by atoms with Crippen LogP contribution in [-0.2, 0) is 4.74 Å². The van der Waals surface area contributed by atoms with E-state index in [0.29, 0.717) is 0 Å². The topological polar surface area (TPSA) is 54.5 Å². The lowest BCUT2D eigenvalue weighted by Gasteiger charge is -2.20. The second kappa shape index (κ2) is 6.86. The Morgan fingerprint density at radius 1 is 1.41 bits per heavy atom. The summed E-state index contributed by atoms with van der Waals surface area (Å²) in [6.07, 6.45) is 5.12. The molecule has 0 aromatic carbocycles. The lowest BCUT2D eigenvalue weighted by atomic mass is 10.0. The molecule has 1 aliphatic carbocycles. The van der Waals surface area contributed by atoms with Crippen molar-refractivity contribution in [3.05, 3.63) is 22.8 Å². The summed E-state index contributed by atoms with van der Waals surface area (Å²) in [5.74, 6) is 3.36. The molecule has 6 heteroatoms. The fraction of sp³-hybridized carbons (Fsp3) is 0.625. The number of halogens is 1. The third kappa shape index (κ3) is 3.54. The molecule has 1 aromatic heterocycles. The number of ether oxygens (including phenoxy) is 1. The highest BCUT2D eigenvalue weighted by molar-refractivity contribution is 9.10. The number of anilines is 1. The Labute approximate surface area is 139 Å². The van der Waals surface area contributed by atoms with Crippen LogP contribution in [-0.4, -0.2) is 37.8 Å². The number of rotatable bonds is 4. The van der Waals surface area contributed by atoms with Crippen LogP contribution in [0, 0.1) is 17.8 Å². The van der Waals surface area contributed by atoms with Gasteiger partial charge >= 0.3 is 6.09 Å². The van der Waals surface area contributed by atoms with Gasteiger partial charge in [-0.1, -0.05) is 0 Å². The normalized spacial score (nSPS) is 26.8. The third-order valence-corrected chi connectivity index (χ3v) is 5.36.